The maximum Gasteiger partial charge on any atom is 1.00 e. The topological polar surface area (TPSA) is 240 Å². The van der Waals surface area contributed by atoms with E-state index in [-0.39, 0.29) is 46.8 Å². The van der Waals surface area contributed by atoms with Crippen molar-refractivity contribution in [3.05, 3.63) is 339 Å². The molecule has 0 fully saturated rings. The van der Waals surface area contributed by atoms with E-state index in [1.807, 2.05) is 164 Å². The Kier molecular flexibility index (Phi) is 32.8. The molecule has 0 aliphatic rings. The first-order valence-corrected chi connectivity index (χ1v) is 32.0. The molecule has 0 aliphatic carbocycles. The minimum atomic E-state index is -1.08. The number of nitro groups is 2. The van der Waals surface area contributed by atoms with E-state index in [1.54, 1.807) is 72.8 Å². The number of carboxylic acid groups (broad SMARTS) is 1. The number of carbonyl (C=O) groups is 3. The van der Waals surface area contributed by atoms with Crippen LogP contribution in [0.5, 0.6) is 0 Å². The van der Waals surface area contributed by atoms with Crippen LogP contribution in [0.4, 0.5) is 45.5 Å². The number of aromatic nitrogens is 2. The van der Waals surface area contributed by atoms with Crippen LogP contribution in [0.25, 0.3) is 28.1 Å². The molecule has 94 heavy (non-hydrogen) atoms. The summed E-state index contributed by atoms with van der Waals surface area (Å²) in [5, 5.41) is 38.8. The minimum absolute atomic E-state index is 0. The van der Waals surface area contributed by atoms with Crippen LogP contribution < -0.4 is 56.3 Å². The van der Waals surface area contributed by atoms with Crippen LogP contribution in [0.1, 0.15) is 27.6 Å². The molecule has 0 saturated heterocycles. The molecule has 0 spiro atoms. The number of nitrogens with zero attached hydrogens (tertiary/aromatic N) is 4. The van der Waals surface area contributed by atoms with Crippen molar-refractivity contribution < 1.29 is 58.9 Å². The number of nitrogens with two attached hydrogens (primary N) is 1. The molecular formula is C71H55Br5ClN8NaO8. The number of benzene rings is 11. The molecule has 12 rings (SSSR count). The predicted molar refractivity (Wildman–Crippen MR) is 390 cm³/mol. The second kappa shape index (κ2) is 40.5. The summed E-state index contributed by atoms with van der Waals surface area (Å²) in [6.07, 6.45) is 0. The van der Waals surface area contributed by atoms with Gasteiger partial charge in [-0.15, -0.1) is 0 Å². The number of fused-ring (bicyclic) bond motifs is 1. The summed E-state index contributed by atoms with van der Waals surface area (Å²) < 4.78 is 6.71. The van der Waals surface area contributed by atoms with E-state index >= 15 is 0 Å². The predicted octanol–water partition coefficient (Wildman–Crippen LogP) is 17.2. The first kappa shape index (κ1) is 76.1. The molecule has 23 heteroatoms. The minimum Gasteiger partial charge on any atom is -0.550 e. The Morgan fingerprint density at radius 2 is 0.904 bits per heavy atom. The van der Waals surface area contributed by atoms with Gasteiger partial charge >= 0.3 is 29.6 Å². The van der Waals surface area contributed by atoms with Crippen LogP contribution in [0.3, 0.4) is 0 Å². The van der Waals surface area contributed by atoms with Crippen molar-refractivity contribution in [2.45, 2.75) is 6.92 Å². The van der Waals surface area contributed by atoms with Crippen LogP contribution in [0.15, 0.2) is 307 Å². The number of rotatable bonds is 11. The van der Waals surface area contributed by atoms with E-state index in [0.717, 1.165) is 81.4 Å². The Morgan fingerprint density at radius 3 is 1.38 bits per heavy atom. The van der Waals surface area contributed by atoms with Gasteiger partial charge in [-0.3, -0.25) is 34.4 Å². The number of nitrogens with one attached hydrogen (secondary N) is 3. The third-order valence-corrected chi connectivity index (χ3v) is 14.9. The fraction of sp³-hybridized carbons (Fsp3) is 0.0141. The van der Waals surface area contributed by atoms with Gasteiger partial charge in [-0.1, -0.05) is 215 Å². The van der Waals surface area contributed by atoms with Crippen molar-refractivity contribution in [1.29, 1.82) is 0 Å². The maximum atomic E-state index is 12.3. The van der Waals surface area contributed by atoms with Crippen molar-refractivity contribution in [2.75, 3.05) is 21.7 Å². The number of hydrogen-bond acceptors (Lipinski definition) is 12. The Bertz CT molecular complexity index is 4410. The summed E-state index contributed by atoms with van der Waals surface area (Å²) in [5.74, 6) is -0.256. The van der Waals surface area contributed by atoms with E-state index in [9.17, 15) is 29.8 Å². The summed E-state index contributed by atoms with van der Waals surface area (Å²) in [6.45, 7) is 0.972. The van der Waals surface area contributed by atoms with Crippen LogP contribution in [0, 0.1) is 20.2 Å². The van der Waals surface area contributed by atoms with Gasteiger partial charge in [-0.25, -0.2) is 4.98 Å². The number of carbonyl (C=O) groups excluding carboxylic acids is 3. The van der Waals surface area contributed by atoms with Gasteiger partial charge in [0.05, 0.1) is 36.7 Å². The molecule has 1 heterocycles. The second-order valence-electron chi connectivity index (χ2n) is 18.9. The van der Waals surface area contributed by atoms with Crippen LogP contribution in [0.2, 0.25) is 0 Å². The molecule has 5 N–H and O–H groups in total. The van der Waals surface area contributed by atoms with Gasteiger partial charge in [-0.05, 0) is 156 Å². The van der Waals surface area contributed by atoms with E-state index in [1.165, 1.54) is 12.1 Å². The number of hydrogen-bond donors (Lipinski definition) is 4. The Morgan fingerprint density at radius 1 is 0.479 bits per heavy atom. The van der Waals surface area contributed by atoms with Crippen LogP contribution in [-0.4, -0.2) is 36.5 Å². The second-order valence-corrected chi connectivity index (χ2v) is 23.8. The molecule has 16 nitrogen and oxygen atoms in total. The summed E-state index contributed by atoms with van der Waals surface area (Å²) in [5.41, 5.74) is 15.7. The van der Waals surface area contributed by atoms with Gasteiger partial charge in [0.1, 0.15) is 11.5 Å². The summed E-state index contributed by atoms with van der Waals surface area (Å²) in [6, 6.07) is 88.2. The SMILES string of the molecule is Brc1cccc(-n2c(-c3ccccc3)nc3ccccc32)c1.CC(=O)[O-].Nc1cccc(Br)c1.O=C(Cl)c1ccccc1.O=C(Nc1ccccc1Nc1cccc(Br)c1)c1ccccc1.O=[N+]([O-])c1ccccc1Br.O=[N+]([O-])c1ccccc1Nc1cccc(Br)c1.[Na+]. The first-order valence-electron chi connectivity index (χ1n) is 27.6. The molecule has 0 unspecified atom stereocenters. The van der Waals surface area contributed by atoms with Crippen molar-refractivity contribution in [3.8, 4) is 17.1 Å². The van der Waals surface area contributed by atoms with Crippen LogP contribution >= 0.6 is 91.3 Å². The number of halogens is 6. The monoisotopic (exact) mass is 1600 g/mol. The fourth-order valence-corrected chi connectivity index (χ4v) is 10.2. The van der Waals surface area contributed by atoms with Crippen LogP contribution in [-0.2, 0) is 4.79 Å². The van der Waals surface area contributed by atoms with Gasteiger partial charge in [0.2, 0.25) is 0 Å². The first-order chi connectivity index (χ1) is 44.8. The van der Waals surface area contributed by atoms with E-state index < -0.39 is 21.1 Å². The van der Waals surface area contributed by atoms with E-state index in [2.05, 4.69) is 137 Å². The summed E-state index contributed by atoms with van der Waals surface area (Å²) in [4.78, 5) is 56.7. The quantitative estimate of drug-likeness (QED) is 0.0311. The Balaban J connectivity index is 0.000000210. The number of nitrogen functional groups attached to an aromatic ring is 1. The number of aliphatic carboxylic acids is 1. The van der Waals surface area contributed by atoms with Gasteiger partial charge in [-0.2, -0.15) is 0 Å². The van der Waals surface area contributed by atoms with Gasteiger partial charge < -0.3 is 31.6 Å². The molecule has 0 aliphatic heterocycles. The number of nitro benzene ring substituents is 2. The summed E-state index contributed by atoms with van der Waals surface area (Å²) in [7, 11) is 0. The van der Waals surface area contributed by atoms with Crippen molar-refractivity contribution in [2.24, 2.45) is 0 Å². The van der Waals surface area contributed by atoms with Crippen molar-refractivity contribution in [3.63, 3.8) is 0 Å². The largest absolute Gasteiger partial charge is 1.00 e. The smallest absolute Gasteiger partial charge is 0.550 e. The average molecular weight is 1610 g/mol. The molecule has 1 amide bonds. The van der Waals surface area contributed by atoms with Crippen molar-refractivity contribution in [1.82, 2.24) is 9.55 Å². The maximum absolute atomic E-state index is 12.3. The number of carboxylic acids is 1. The zero-order valence-corrected chi connectivity index (χ0v) is 60.7. The van der Waals surface area contributed by atoms with Gasteiger partial charge in [0, 0.05) is 75.4 Å². The third kappa shape index (κ3) is 26.1. The number of amides is 1. The normalized spacial score (nSPS) is 9.73. The van der Waals surface area contributed by atoms with E-state index in [4.69, 9.17) is 32.2 Å². The standard InChI is InChI=1S/C19H15BrN2O.C19H13BrN2.C12H9BrN2O2.C7H5ClO.C6H4BrNO2.C6H6BrN.C2H4O2.Na/c20-15-9-6-10-16(13-15)21-17-11-4-5-12-18(17)22-19(23)14-7-2-1-3-8-14;20-15-9-6-10-16(13-15)22-18-12-5-4-11-17(18)21-19(22)14-7-2-1-3-8-14;13-9-4-3-5-10(8-9)14-11-6-1-2-7-12(11)15(16)17;8-7(9)6-4-2-1-3-5-6;7-5-3-1-2-4-6(5)8(9)10;7-5-2-1-3-6(8)4-5;1-2(3)4;/h1-13,21H,(H,22,23);1-13H;1-8,14H;1-5H;1-4H;1-4H,8H2;1H3,(H,3,4);/q;;;;;;;+1/p-1. The van der Waals surface area contributed by atoms with Gasteiger partial charge in [0.25, 0.3) is 22.5 Å². The summed E-state index contributed by atoms with van der Waals surface area (Å²) >= 11 is 21.9. The third-order valence-electron chi connectivity index (χ3n) is 12.1. The number of para-hydroxylation sites is 7. The number of imidazole rings is 1. The fourth-order valence-electron chi connectivity index (χ4n) is 8.03. The number of anilines is 6. The molecule has 0 atom stereocenters. The molecule has 470 valence electrons. The molecule has 12 aromatic rings. The molecular weight excluding hydrogens is 1550 g/mol. The molecule has 1 aromatic heterocycles. The molecule has 0 radical (unpaired) electrons. The molecule has 11 aromatic carbocycles. The Hall–Kier alpha value is -8.61. The van der Waals surface area contributed by atoms with E-state index in [0.29, 0.717) is 21.3 Å². The van der Waals surface area contributed by atoms with Gasteiger partial charge in [0.15, 0.2) is 0 Å². The zero-order chi connectivity index (χ0) is 67.1. The molecule has 0 saturated carbocycles. The Labute approximate surface area is 611 Å². The zero-order valence-electron chi connectivity index (χ0n) is 50.0. The molecule has 0 bridgehead atoms. The van der Waals surface area contributed by atoms with Crippen molar-refractivity contribution >= 4 is 165 Å². The average Bonchev–Trinajstić information content (AvgIpc) is 1.65.